The number of hydrogen-bond donors (Lipinski definition) is 2. The molecule has 0 unspecified atom stereocenters. The van der Waals surface area contributed by atoms with E-state index in [0.717, 1.165) is 18.8 Å². The van der Waals surface area contributed by atoms with E-state index in [1.54, 1.807) is 24.3 Å². The number of rotatable bonds is 6. The van der Waals surface area contributed by atoms with Gasteiger partial charge in [0.05, 0.1) is 5.60 Å². The summed E-state index contributed by atoms with van der Waals surface area (Å²) in [6.07, 6.45) is 2.43. The smallest absolute Gasteiger partial charge is 0.123 e. The van der Waals surface area contributed by atoms with Crippen LogP contribution in [0.5, 0.6) is 5.75 Å². The lowest BCUT2D eigenvalue weighted by Crippen LogP contribution is -2.55. The first-order valence-electron chi connectivity index (χ1n) is 10.9. The van der Waals surface area contributed by atoms with Gasteiger partial charge in [-0.3, -0.25) is 0 Å². The SMILES string of the molecule is OC1(COc2ccc(F)cc2)CCN(CC2(O)CCN(c3ccc(F)cc3)CC2)CC1. The fraction of sp³-hybridized carbons (Fsp3) is 0.500. The second-order valence-electron chi connectivity index (χ2n) is 8.93. The zero-order valence-corrected chi connectivity index (χ0v) is 17.6. The molecule has 0 bridgehead atoms. The minimum Gasteiger partial charge on any atom is -0.491 e. The zero-order valence-electron chi connectivity index (χ0n) is 17.6. The van der Waals surface area contributed by atoms with Crippen LogP contribution in [0.15, 0.2) is 48.5 Å². The fourth-order valence-corrected chi connectivity index (χ4v) is 4.43. The topological polar surface area (TPSA) is 56.2 Å². The molecule has 7 heteroatoms. The van der Waals surface area contributed by atoms with Gasteiger partial charge < -0.3 is 24.7 Å². The lowest BCUT2D eigenvalue weighted by atomic mass is 9.87. The van der Waals surface area contributed by atoms with Crippen LogP contribution in [0.4, 0.5) is 14.5 Å². The third-order valence-corrected chi connectivity index (χ3v) is 6.51. The third-order valence-electron chi connectivity index (χ3n) is 6.51. The van der Waals surface area contributed by atoms with Crippen molar-refractivity contribution in [3.8, 4) is 5.75 Å². The molecule has 2 saturated heterocycles. The van der Waals surface area contributed by atoms with Crippen LogP contribution in [-0.2, 0) is 0 Å². The molecule has 0 radical (unpaired) electrons. The van der Waals surface area contributed by atoms with Gasteiger partial charge in [-0.1, -0.05) is 0 Å². The van der Waals surface area contributed by atoms with Gasteiger partial charge in [0.2, 0.25) is 0 Å². The highest BCUT2D eigenvalue weighted by Gasteiger charge is 2.38. The monoisotopic (exact) mass is 432 g/mol. The molecular weight excluding hydrogens is 402 g/mol. The van der Waals surface area contributed by atoms with Gasteiger partial charge in [-0.2, -0.15) is 0 Å². The molecule has 2 heterocycles. The van der Waals surface area contributed by atoms with E-state index in [1.165, 1.54) is 24.3 Å². The molecule has 31 heavy (non-hydrogen) atoms. The van der Waals surface area contributed by atoms with Crippen molar-refractivity contribution in [3.63, 3.8) is 0 Å². The lowest BCUT2D eigenvalue weighted by Gasteiger charge is -2.44. The summed E-state index contributed by atoms with van der Waals surface area (Å²) in [5, 5.41) is 21.9. The number of piperidine rings is 2. The van der Waals surface area contributed by atoms with Crippen molar-refractivity contribution >= 4 is 5.69 Å². The number of nitrogens with zero attached hydrogens (tertiary/aromatic N) is 2. The number of aliphatic hydroxyl groups is 2. The predicted octanol–water partition coefficient (Wildman–Crippen LogP) is 3.20. The first-order valence-corrected chi connectivity index (χ1v) is 10.9. The third kappa shape index (κ3) is 5.73. The van der Waals surface area contributed by atoms with Crippen molar-refractivity contribution in [2.75, 3.05) is 44.2 Å². The van der Waals surface area contributed by atoms with E-state index in [1.807, 2.05) is 0 Å². The molecule has 2 aliphatic rings. The Kier molecular flexibility index (Phi) is 6.46. The second-order valence-corrected chi connectivity index (χ2v) is 8.93. The molecule has 0 saturated carbocycles. The Morgan fingerprint density at radius 2 is 1.26 bits per heavy atom. The van der Waals surface area contributed by atoms with E-state index in [9.17, 15) is 19.0 Å². The van der Waals surface area contributed by atoms with Gasteiger partial charge in [0, 0.05) is 38.4 Å². The summed E-state index contributed by atoms with van der Waals surface area (Å²) in [5.74, 6) is -0.0225. The van der Waals surface area contributed by atoms with Crippen LogP contribution in [0, 0.1) is 11.6 Å². The normalized spacial score (nSPS) is 21.1. The van der Waals surface area contributed by atoms with Crippen LogP contribution in [0.1, 0.15) is 25.7 Å². The first kappa shape index (κ1) is 22.0. The summed E-state index contributed by atoms with van der Waals surface area (Å²) in [4.78, 5) is 4.38. The number of likely N-dealkylation sites (tertiary alicyclic amines) is 1. The summed E-state index contributed by atoms with van der Waals surface area (Å²) < 4.78 is 31.8. The van der Waals surface area contributed by atoms with Crippen LogP contribution < -0.4 is 9.64 Å². The summed E-state index contributed by atoms with van der Waals surface area (Å²) >= 11 is 0. The quantitative estimate of drug-likeness (QED) is 0.734. The Morgan fingerprint density at radius 1 is 0.742 bits per heavy atom. The Morgan fingerprint density at radius 3 is 1.84 bits per heavy atom. The molecule has 0 spiro atoms. The number of β-amino-alcohol motifs (C(OH)–C–C–N with tert-alkyl or cyclic N) is 1. The zero-order chi connectivity index (χ0) is 21.9. The number of hydrogen-bond acceptors (Lipinski definition) is 5. The van der Waals surface area contributed by atoms with Crippen molar-refractivity contribution in [1.82, 2.24) is 4.90 Å². The molecule has 0 atom stereocenters. The van der Waals surface area contributed by atoms with Crippen LogP contribution in [0.25, 0.3) is 0 Å². The highest BCUT2D eigenvalue weighted by Crippen LogP contribution is 2.30. The van der Waals surface area contributed by atoms with E-state index < -0.39 is 11.2 Å². The summed E-state index contributed by atoms with van der Waals surface area (Å²) in [7, 11) is 0. The molecule has 2 N–H and O–H groups in total. The molecule has 4 rings (SSSR count). The molecule has 2 aromatic rings. The molecule has 5 nitrogen and oxygen atoms in total. The van der Waals surface area contributed by atoms with Gasteiger partial charge in [-0.15, -0.1) is 0 Å². The van der Waals surface area contributed by atoms with Crippen molar-refractivity contribution in [3.05, 3.63) is 60.2 Å². The predicted molar refractivity (Wildman–Crippen MR) is 115 cm³/mol. The molecule has 2 fully saturated rings. The number of benzene rings is 2. The second kappa shape index (κ2) is 9.10. The Hall–Kier alpha value is -2.22. The maximum atomic E-state index is 13.1. The molecule has 0 aliphatic carbocycles. The van der Waals surface area contributed by atoms with E-state index in [4.69, 9.17) is 4.74 Å². The number of anilines is 1. The molecule has 0 aromatic heterocycles. The largest absolute Gasteiger partial charge is 0.491 e. The van der Waals surface area contributed by atoms with Crippen molar-refractivity contribution in [2.45, 2.75) is 36.9 Å². The van der Waals surface area contributed by atoms with Gasteiger partial charge in [0.15, 0.2) is 0 Å². The van der Waals surface area contributed by atoms with Crippen molar-refractivity contribution in [1.29, 1.82) is 0 Å². The van der Waals surface area contributed by atoms with Crippen LogP contribution in [-0.4, -0.2) is 65.6 Å². The molecular formula is C24H30F2N2O3. The van der Waals surface area contributed by atoms with Crippen LogP contribution in [0.3, 0.4) is 0 Å². The van der Waals surface area contributed by atoms with E-state index in [2.05, 4.69) is 9.80 Å². The molecule has 168 valence electrons. The highest BCUT2D eigenvalue weighted by molar-refractivity contribution is 5.46. The minimum absolute atomic E-state index is 0.170. The van der Waals surface area contributed by atoms with Crippen LogP contribution in [0.2, 0.25) is 0 Å². The number of ether oxygens (including phenoxy) is 1. The maximum absolute atomic E-state index is 13.1. The van der Waals surface area contributed by atoms with Gasteiger partial charge >= 0.3 is 0 Å². The highest BCUT2D eigenvalue weighted by atomic mass is 19.1. The van der Waals surface area contributed by atoms with Crippen molar-refractivity contribution in [2.24, 2.45) is 0 Å². The van der Waals surface area contributed by atoms with Gasteiger partial charge in [0.1, 0.15) is 29.6 Å². The lowest BCUT2D eigenvalue weighted by molar-refractivity contribution is -0.0747. The Bertz CT molecular complexity index is 844. The minimum atomic E-state index is -0.917. The Balaban J connectivity index is 1.23. The summed E-state index contributed by atoms with van der Waals surface area (Å²) in [6.45, 7) is 3.58. The van der Waals surface area contributed by atoms with Gasteiger partial charge in [-0.05, 0) is 74.2 Å². The van der Waals surface area contributed by atoms with Crippen molar-refractivity contribution < 1.29 is 23.7 Å². The Labute approximate surface area is 181 Å². The summed E-state index contributed by atoms with van der Waals surface area (Å²) in [6, 6.07) is 12.3. The maximum Gasteiger partial charge on any atom is 0.123 e. The van der Waals surface area contributed by atoms with Crippen LogP contribution >= 0.6 is 0 Å². The number of halogens is 2. The van der Waals surface area contributed by atoms with Gasteiger partial charge in [-0.25, -0.2) is 8.78 Å². The van der Waals surface area contributed by atoms with Gasteiger partial charge in [0.25, 0.3) is 0 Å². The average Bonchev–Trinajstić information content (AvgIpc) is 2.77. The van der Waals surface area contributed by atoms with E-state index >= 15 is 0 Å². The molecule has 2 aliphatic heterocycles. The molecule has 2 aromatic carbocycles. The fourth-order valence-electron chi connectivity index (χ4n) is 4.43. The average molecular weight is 433 g/mol. The summed E-state index contributed by atoms with van der Waals surface area (Å²) in [5.41, 5.74) is -0.691. The first-order chi connectivity index (χ1) is 14.8. The molecule has 0 amide bonds. The van der Waals surface area contributed by atoms with E-state index in [-0.39, 0.29) is 18.2 Å². The van der Waals surface area contributed by atoms with E-state index in [0.29, 0.717) is 51.1 Å². The standard InChI is InChI=1S/C24H30F2N2O3/c25-19-1-5-21(6-2-19)28-15-11-23(29,12-16-28)17-27-13-9-24(30,10-14-27)18-31-22-7-3-20(26)4-8-22/h1-8,29-30H,9-18H2.